The lowest BCUT2D eigenvalue weighted by Crippen LogP contribution is -2.31. The molecule has 1 unspecified atom stereocenters. The number of rotatable bonds is 5. The molecule has 21 heavy (non-hydrogen) atoms. The topological polar surface area (TPSA) is 66.4 Å². The molecule has 0 aliphatic rings. The first-order chi connectivity index (χ1) is 9.99. The normalized spacial score (nSPS) is 11.9. The van der Waals surface area contributed by atoms with Gasteiger partial charge in [0.2, 0.25) is 0 Å². The van der Waals surface area contributed by atoms with Gasteiger partial charge in [0, 0.05) is 11.4 Å². The van der Waals surface area contributed by atoms with Crippen molar-refractivity contribution in [3.8, 4) is 0 Å². The van der Waals surface area contributed by atoms with E-state index in [4.69, 9.17) is 0 Å². The molecule has 1 amide bonds. The van der Waals surface area contributed by atoms with Gasteiger partial charge in [0.05, 0.1) is 10.8 Å². The molecule has 1 aromatic carbocycles. The fraction of sp³-hybridized carbons (Fsp3) is 0.250. The number of carbonyl (C=O) groups is 2. The Labute approximate surface area is 127 Å². The van der Waals surface area contributed by atoms with Crippen molar-refractivity contribution in [2.45, 2.75) is 19.8 Å². The van der Waals surface area contributed by atoms with Crippen molar-refractivity contribution < 1.29 is 14.7 Å². The molecule has 110 valence electrons. The Morgan fingerprint density at radius 1 is 1.24 bits per heavy atom. The Bertz CT molecular complexity index is 629. The van der Waals surface area contributed by atoms with Crippen molar-refractivity contribution in [3.63, 3.8) is 0 Å². The maximum absolute atomic E-state index is 12.1. The summed E-state index contributed by atoms with van der Waals surface area (Å²) in [7, 11) is 0. The van der Waals surface area contributed by atoms with Crippen molar-refractivity contribution in [3.05, 3.63) is 57.3 Å². The molecular formula is C16H17NO3S. The van der Waals surface area contributed by atoms with Gasteiger partial charge in [-0.1, -0.05) is 30.3 Å². The lowest BCUT2D eigenvalue weighted by Gasteiger charge is -2.13. The molecule has 2 aromatic rings. The van der Waals surface area contributed by atoms with Crippen molar-refractivity contribution in [2.24, 2.45) is 0 Å². The molecule has 1 aromatic heterocycles. The molecule has 0 radical (unpaired) electrons. The number of hydrogen-bond acceptors (Lipinski definition) is 3. The van der Waals surface area contributed by atoms with E-state index in [9.17, 15) is 14.7 Å². The Balaban J connectivity index is 2.06. The summed E-state index contributed by atoms with van der Waals surface area (Å²) in [5.41, 5.74) is 1.76. The average molecular weight is 303 g/mol. The van der Waals surface area contributed by atoms with Gasteiger partial charge in [0.15, 0.2) is 0 Å². The number of amides is 1. The van der Waals surface area contributed by atoms with E-state index >= 15 is 0 Å². The number of aliphatic carboxylic acids is 1. The first-order valence-corrected chi connectivity index (χ1v) is 7.43. The number of aryl methyl sites for hydroxylation is 2. The number of carbonyl (C=O) groups excluding carboxylic acids is 1. The van der Waals surface area contributed by atoms with Gasteiger partial charge in [-0.3, -0.25) is 9.59 Å². The van der Waals surface area contributed by atoms with Gasteiger partial charge < -0.3 is 10.4 Å². The van der Waals surface area contributed by atoms with Crippen LogP contribution in [0, 0.1) is 13.8 Å². The van der Waals surface area contributed by atoms with Crippen LogP contribution in [-0.4, -0.2) is 23.5 Å². The molecule has 1 atom stereocenters. The van der Waals surface area contributed by atoms with E-state index in [1.54, 1.807) is 24.3 Å². The third-order valence-corrected chi connectivity index (χ3v) is 4.51. The highest BCUT2D eigenvalue weighted by Gasteiger charge is 2.21. The number of hydrogen-bond donors (Lipinski definition) is 2. The van der Waals surface area contributed by atoms with E-state index in [-0.39, 0.29) is 12.5 Å². The average Bonchev–Trinajstić information content (AvgIpc) is 2.79. The van der Waals surface area contributed by atoms with Gasteiger partial charge in [0.1, 0.15) is 0 Å². The number of carboxylic acid groups (broad SMARTS) is 1. The summed E-state index contributed by atoms with van der Waals surface area (Å²) in [5.74, 6) is -1.91. The lowest BCUT2D eigenvalue weighted by molar-refractivity contribution is -0.138. The smallest absolute Gasteiger partial charge is 0.312 e. The Morgan fingerprint density at radius 3 is 2.43 bits per heavy atom. The summed E-state index contributed by atoms with van der Waals surface area (Å²) in [6.45, 7) is 3.99. The first kappa shape index (κ1) is 15.3. The second-order valence-electron chi connectivity index (χ2n) is 4.86. The minimum absolute atomic E-state index is 0.0776. The van der Waals surface area contributed by atoms with E-state index in [0.29, 0.717) is 10.4 Å². The zero-order valence-electron chi connectivity index (χ0n) is 11.9. The van der Waals surface area contributed by atoms with Gasteiger partial charge in [-0.15, -0.1) is 11.3 Å². The minimum Gasteiger partial charge on any atom is -0.481 e. The molecule has 0 spiro atoms. The van der Waals surface area contributed by atoms with Gasteiger partial charge in [-0.05, 0) is 31.0 Å². The third kappa shape index (κ3) is 3.70. The summed E-state index contributed by atoms with van der Waals surface area (Å²) < 4.78 is 0. The summed E-state index contributed by atoms with van der Waals surface area (Å²) in [6, 6.07) is 10.7. The Hall–Kier alpha value is -2.14. The van der Waals surface area contributed by atoms with Crippen LogP contribution in [0.1, 0.15) is 31.6 Å². The standard InChI is InChI=1S/C16H17NO3S/c1-10-8-14(21-11(10)2)15(18)17-9-13(16(19)20)12-6-4-3-5-7-12/h3-8,13H,9H2,1-2H3,(H,17,18)(H,19,20). The summed E-state index contributed by atoms with van der Waals surface area (Å²) in [4.78, 5) is 25.1. The molecule has 2 N–H and O–H groups in total. The quantitative estimate of drug-likeness (QED) is 0.892. The highest BCUT2D eigenvalue weighted by Crippen LogP contribution is 2.21. The fourth-order valence-corrected chi connectivity index (χ4v) is 2.95. The molecule has 0 saturated heterocycles. The third-order valence-electron chi connectivity index (χ3n) is 3.36. The van der Waals surface area contributed by atoms with Crippen LogP contribution in [0.25, 0.3) is 0 Å². The van der Waals surface area contributed by atoms with Crippen LogP contribution >= 0.6 is 11.3 Å². The second kappa shape index (κ2) is 6.54. The van der Waals surface area contributed by atoms with E-state index in [1.165, 1.54) is 11.3 Å². The van der Waals surface area contributed by atoms with E-state index in [2.05, 4.69) is 5.32 Å². The summed E-state index contributed by atoms with van der Waals surface area (Å²) in [5, 5.41) is 12.0. The van der Waals surface area contributed by atoms with Crippen LogP contribution in [0.4, 0.5) is 0 Å². The van der Waals surface area contributed by atoms with Gasteiger partial charge in [-0.2, -0.15) is 0 Å². The molecule has 0 saturated carbocycles. The highest BCUT2D eigenvalue weighted by atomic mass is 32.1. The molecule has 0 fully saturated rings. The SMILES string of the molecule is Cc1cc(C(=O)NCC(C(=O)O)c2ccccc2)sc1C. The Morgan fingerprint density at radius 2 is 1.90 bits per heavy atom. The number of carboxylic acids is 1. The molecule has 0 aliphatic heterocycles. The predicted octanol–water partition coefficient (Wildman–Crippen LogP) is 2.96. The zero-order chi connectivity index (χ0) is 15.4. The van der Waals surface area contributed by atoms with E-state index in [1.807, 2.05) is 26.0 Å². The molecule has 1 heterocycles. The molecule has 4 nitrogen and oxygen atoms in total. The van der Waals surface area contributed by atoms with Crippen LogP contribution in [0.15, 0.2) is 36.4 Å². The lowest BCUT2D eigenvalue weighted by atomic mass is 9.99. The van der Waals surface area contributed by atoms with Crippen molar-refractivity contribution >= 4 is 23.2 Å². The van der Waals surface area contributed by atoms with E-state index < -0.39 is 11.9 Å². The maximum Gasteiger partial charge on any atom is 0.312 e. The number of nitrogens with one attached hydrogen (secondary N) is 1. The molecule has 0 aliphatic carbocycles. The van der Waals surface area contributed by atoms with Gasteiger partial charge >= 0.3 is 5.97 Å². The second-order valence-corrected chi connectivity index (χ2v) is 6.12. The molecule has 0 bridgehead atoms. The van der Waals surface area contributed by atoms with Crippen LogP contribution in [0.5, 0.6) is 0 Å². The molecular weight excluding hydrogens is 286 g/mol. The number of benzene rings is 1. The highest BCUT2D eigenvalue weighted by molar-refractivity contribution is 7.14. The van der Waals surface area contributed by atoms with Crippen molar-refractivity contribution in [1.29, 1.82) is 0 Å². The van der Waals surface area contributed by atoms with Crippen LogP contribution in [-0.2, 0) is 4.79 Å². The minimum atomic E-state index is -0.944. The van der Waals surface area contributed by atoms with Crippen LogP contribution in [0.3, 0.4) is 0 Å². The maximum atomic E-state index is 12.1. The van der Waals surface area contributed by atoms with Crippen LogP contribution < -0.4 is 5.32 Å². The van der Waals surface area contributed by atoms with Crippen LogP contribution in [0.2, 0.25) is 0 Å². The van der Waals surface area contributed by atoms with Gasteiger partial charge in [-0.25, -0.2) is 0 Å². The van der Waals surface area contributed by atoms with E-state index in [0.717, 1.165) is 10.4 Å². The fourth-order valence-electron chi connectivity index (χ4n) is 2.00. The Kier molecular flexibility index (Phi) is 4.75. The first-order valence-electron chi connectivity index (χ1n) is 6.62. The predicted molar refractivity (Wildman–Crippen MR) is 82.9 cm³/mol. The monoisotopic (exact) mass is 303 g/mol. The largest absolute Gasteiger partial charge is 0.481 e. The zero-order valence-corrected chi connectivity index (χ0v) is 12.7. The van der Waals surface area contributed by atoms with Gasteiger partial charge in [0.25, 0.3) is 5.91 Å². The molecule has 2 rings (SSSR count). The van der Waals surface area contributed by atoms with Crippen molar-refractivity contribution in [1.82, 2.24) is 5.32 Å². The summed E-state index contributed by atoms with van der Waals surface area (Å²) >= 11 is 1.42. The van der Waals surface area contributed by atoms with Crippen molar-refractivity contribution in [2.75, 3.05) is 6.54 Å². The molecule has 5 heteroatoms. The summed E-state index contributed by atoms with van der Waals surface area (Å²) in [6.07, 6.45) is 0. The number of thiophene rings is 1.